The average molecular weight is 588 g/mol. The maximum atomic E-state index is 11.9. The van der Waals surface area contributed by atoms with Crippen molar-refractivity contribution in [3.05, 3.63) is 74.5 Å². The summed E-state index contributed by atoms with van der Waals surface area (Å²) in [5.74, 6) is 0.197. The minimum absolute atomic E-state index is 0. The third-order valence-corrected chi connectivity index (χ3v) is 9.01. The SMILES string of the molecule is [CH2-]C(CC(C)(C)C)C(=O)C(C)(C)C.[CH2-]CCCC(=O)SCP(c1ccccc1)c1ccccc1.[Y]. The molecule has 2 aromatic rings. The van der Waals surface area contributed by atoms with Gasteiger partial charge in [-0.2, -0.15) is 6.42 Å². The molecule has 0 N–H and O–H groups in total. The predicted octanol–water partition coefficient (Wildman–Crippen LogP) is 7.83. The van der Waals surface area contributed by atoms with Gasteiger partial charge in [0.25, 0.3) is 0 Å². The molecular formula is C30H43O2PSY-2. The fraction of sp³-hybridized carbons (Fsp3) is 0.467. The molecule has 0 aromatic heterocycles. The summed E-state index contributed by atoms with van der Waals surface area (Å²) in [6.07, 6.45) is 3.23. The minimum atomic E-state index is -0.472. The molecular weight excluding hydrogens is 544 g/mol. The molecule has 35 heavy (non-hydrogen) atoms. The van der Waals surface area contributed by atoms with Crippen LogP contribution >= 0.6 is 19.7 Å². The molecule has 1 unspecified atom stereocenters. The van der Waals surface area contributed by atoms with Crippen LogP contribution in [-0.2, 0) is 42.3 Å². The Morgan fingerprint density at radius 3 is 1.71 bits per heavy atom. The second-order valence-corrected chi connectivity index (χ2v) is 14.4. The van der Waals surface area contributed by atoms with Crippen molar-refractivity contribution < 1.29 is 42.3 Å². The number of benzene rings is 2. The minimum Gasteiger partial charge on any atom is -0.343 e. The van der Waals surface area contributed by atoms with Gasteiger partial charge in [0.1, 0.15) is 5.78 Å². The number of ketones is 1. The predicted molar refractivity (Wildman–Crippen MR) is 153 cm³/mol. The van der Waals surface area contributed by atoms with Gasteiger partial charge in [-0.3, -0.25) is 4.79 Å². The number of hydrogen-bond acceptors (Lipinski definition) is 3. The van der Waals surface area contributed by atoms with Gasteiger partial charge in [-0.05, 0) is 23.9 Å². The number of unbranched alkanes of at least 4 members (excludes halogenated alkanes) is 1. The van der Waals surface area contributed by atoms with Crippen molar-refractivity contribution >= 4 is 41.2 Å². The topological polar surface area (TPSA) is 34.1 Å². The quantitative estimate of drug-likeness (QED) is 0.222. The van der Waals surface area contributed by atoms with E-state index in [1.807, 2.05) is 32.9 Å². The molecule has 1 atom stereocenters. The molecule has 191 valence electrons. The van der Waals surface area contributed by atoms with E-state index in [0.29, 0.717) is 6.42 Å². The molecule has 0 aliphatic heterocycles. The van der Waals surface area contributed by atoms with Crippen molar-refractivity contribution in [3.63, 3.8) is 0 Å². The van der Waals surface area contributed by atoms with Gasteiger partial charge in [0.15, 0.2) is 5.12 Å². The van der Waals surface area contributed by atoms with Gasteiger partial charge in [0, 0.05) is 50.0 Å². The number of rotatable bonds is 9. The van der Waals surface area contributed by atoms with Gasteiger partial charge in [-0.25, -0.2) is 0 Å². The van der Waals surface area contributed by atoms with Crippen LogP contribution in [0.25, 0.3) is 0 Å². The Labute approximate surface area is 245 Å². The first kappa shape index (κ1) is 34.7. The van der Waals surface area contributed by atoms with Gasteiger partial charge in [0.05, 0.1) is 0 Å². The molecule has 2 rings (SSSR count). The van der Waals surface area contributed by atoms with E-state index in [2.05, 4.69) is 83.1 Å². The summed E-state index contributed by atoms with van der Waals surface area (Å²) in [6.45, 7) is 20.0. The Morgan fingerprint density at radius 2 is 1.34 bits per heavy atom. The van der Waals surface area contributed by atoms with Crippen LogP contribution in [0.3, 0.4) is 0 Å². The standard InChI is InChI=1S/C18H20OPS.C12H23O.Y/c1-2-3-14-18(19)21-15-20(16-10-6-4-7-11-16)17-12-8-5-9-13-17;1-9(8-11(2,3)4)10(13)12(5,6)7;/h4-13H,1-3,14-15H2;9H,1,8H2,2-7H3;/q2*-1;. The van der Waals surface area contributed by atoms with Gasteiger partial charge in [-0.1, -0.05) is 127 Å². The van der Waals surface area contributed by atoms with Crippen LogP contribution in [0.1, 0.15) is 67.2 Å². The summed E-state index contributed by atoms with van der Waals surface area (Å²) >= 11 is 1.48. The molecule has 0 saturated heterocycles. The number of carbonyl (C=O) groups is 2. The monoisotopic (exact) mass is 587 g/mol. The number of thioether (sulfide) groups is 1. The molecule has 0 heterocycles. The third-order valence-electron chi connectivity index (χ3n) is 5.09. The molecule has 0 bridgehead atoms. The Bertz CT molecular complexity index is 818. The average Bonchev–Trinajstić information content (AvgIpc) is 2.77. The fourth-order valence-electron chi connectivity index (χ4n) is 3.44. The van der Waals surface area contributed by atoms with Gasteiger partial charge in [0.2, 0.25) is 0 Å². The largest absolute Gasteiger partial charge is 0.343 e. The zero-order chi connectivity index (χ0) is 25.8. The van der Waals surface area contributed by atoms with E-state index in [4.69, 9.17) is 0 Å². The second-order valence-electron chi connectivity index (χ2n) is 10.8. The van der Waals surface area contributed by atoms with Crippen LogP contribution < -0.4 is 10.6 Å². The molecule has 5 heteroatoms. The zero-order valence-electron chi connectivity index (χ0n) is 22.5. The van der Waals surface area contributed by atoms with Crippen molar-refractivity contribution in [1.29, 1.82) is 0 Å². The summed E-state index contributed by atoms with van der Waals surface area (Å²) in [5, 5.41) is 2.95. The van der Waals surface area contributed by atoms with Crippen LogP contribution in [0.4, 0.5) is 0 Å². The van der Waals surface area contributed by atoms with Gasteiger partial charge < -0.3 is 18.6 Å². The summed E-state index contributed by atoms with van der Waals surface area (Å²) in [7, 11) is -0.472. The molecule has 0 amide bonds. The molecule has 2 aromatic carbocycles. The summed E-state index contributed by atoms with van der Waals surface area (Å²) < 4.78 is 0. The summed E-state index contributed by atoms with van der Waals surface area (Å²) in [5.41, 5.74) is 0.796. The van der Waals surface area contributed by atoms with E-state index < -0.39 is 7.92 Å². The normalized spacial score (nSPS) is 12.3. The summed E-state index contributed by atoms with van der Waals surface area (Å²) in [6, 6.07) is 21.0. The van der Waals surface area contributed by atoms with Crippen molar-refractivity contribution in [2.75, 3.05) is 5.49 Å². The fourth-order valence-corrected chi connectivity index (χ4v) is 7.37. The molecule has 0 spiro atoms. The van der Waals surface area contributed by atoms with E-state index in [1.54, 1.807) is 0 Å². The summed E-state index contributed by atoms with van der Waals surface area (Å²) in [4.78, 5) is 23.7. The molecule has 1 radical (unpaired) electrons. The first-order valence-electron chi connectivity index (χ1n) is 12.0. The number of Topliss-reactive ketones (excluding diaryl/α,β-unsaturated/α-hetero) is 1. The van der Waals surface area contributed by atoms with E-state index in [1.165, 1.54) is 22.4 Å². The van der Waals surface area contributed by atoms with Crippen molar-refractivity contribution in [2.45, 2.75) is 67.2 Å². The van der Waals surface area contributed by atoms with Crippen LogP contribution in [0.5, 0.6) is 0 Å². The molecule has 0 aliphatic carbocycles. The van der Waals surface area contributed by atoms with E-state index in [9.17, 15) is 9.59 Å². The smallest absolute Gasteiger partial charge is 0.189 e. The Morgan fingerprint density at radius 1 is 0.886 bits per heavy atom. The van der Waals surface area contributed by atoms with E-state index in [0.717, 1.165) is 24.8 Å². The van der Waals surface area contributed by atoms with Crippen LogP contribution in [0.2, 0.25) is 0 Å². The third kappa shape index (κ3) is 14.9. The Balaban J connectivity index is 0.000000720. The van der Waals surface area contributed by atoms with Gasteiger partial charge >= 0.3 is 0 Å². The maximum Gasteiger partial charge on any atom is 0.189 e. The first-order valence-corrected chi connectivity index (χ1v) is 14.6. The number of carbonyl (C=O) groups excluding carboxylic acids is 2. The van der Waals surface area contributed by atoms with Crippen molar-refractivity contribution in [3.8, 4) is 0 Å². The van der Waals surface area contributed by atoms with Crippen molar-refractivity contribution in [1.82, 2.24) is 0 Å². The van der Waals surface area contributed by atoms with Crippen LogP contribution in [0.15, 0.2) is 60.7 Å². The van der Waals surface area contributed by atoms with Crippen LogP contribution in [-0.4, -0.2) is 16.4 Å². The molecule has 0 saturated carbocycles. The Hall–Kier alpha value is -0.336. The molecule has 0 aliphatic rings. The number of hydrogen-bond donors (Lipinski definition) is 0. The zero-order valence-corrected chi connectivity index (χ0v) is 27.1. The first-order chi connectivity index (χ1) is 15.8. The molecule has 2 nitrogen and oxygen atoms in total. The maximum absolute atomic E-state index is 11.9. The van der Waals surface area contributed by atoms with E-state index >= 15 is 0 Å². The second kappa shape index (κ2) is 17.2. The van der Waals surface area contributed by atoms with E-state index in [-0.39, 0.29) is 60.4 Å². The van der Waals surface area contributed by atoms with Crippen molar-refractivity contribution in [2.24, 2.45) is 16.7 Å². The van der Waals surface area contributed by atoms with Crippen LogP contribution in [0, 0.1) is 30.6 Å². The Kier molecular flexibility index (Phi) is 17.1. The molecule has 0 fully saturated rings. The van der Waals surface area contributed by atoms with Gasteiger partial charge in [-0.15, -0.1) is 5.92 Å².